The zero-order valence-electron chi connectivity index (χ0n) is 7.87. The van der Waals surface area contributed by atoms with Crippen LogP contribution in [0.3, 0.4) is 0 Å². The van der Waals surface area contributed by atoms with E-state index in [1.54, 1.807) is 6.07 Å². The molecule has 1 N–H and O–H groups in total. The maximum absolute atomic E-state index is 11.2. The average Bonchev–Trinajstić information content (AvgIpc) is 2.50. The molecule has 2 rings (SSSR count). The van der Waals surface area contributed by atoms with Crippen LogP contribution in [0.2, 0.25) is 0 Å². The van der Waals surface area contributed by atoms with E-state index in [0.717, 1.165) is 5.76 Å². The number of carbonyl (C=O) groups is 2. The number of furan rings is 1. The predicted octanol–water partition coefficient (Wildman–Crippen LogP) is 1.11. The molecule has 1 aliphatic rings. The highest BCUT2D eigenvalue weighted by Gasteiger charge is 2.27. The Balaban J connectivity index is 2.18. The minimum Gasteiger partial charge on any atom is -0.464 e. The van der Waals surface area contributed by atoms with E-state index < -0.39 is 0 Å². The van der Waals surface area contributed by atoms with Crippen molar-refractivity contribution in [2.24, 2.45) is 0 Å². The molecule has 74 valence electrons. The molecule has 0 radical (unpaired) electrons. The molecule has 4 nitrogen and oxygen atoms in total. The molecule has 1 atom stereocenters. The van der Waals surface area contributed by atoms with E-state index in [-0.39, 0.29) is 24.2 Å². The van der Waals surface area contributed by atoms with Crippen LogP contribution in [0.25, 0.3) is 0 Å². The summed E-state index contributed by atoms with van der Waals surface area (Å²) < 4.78 is 5.35. The Morgan fingerprint density at radius 1 is 1.43 bits per heavy atom. The molecule has 0 aromatic carbocycles. The molecule has 14 heavy (non-hydrogen) atoms. The fourth-order valence-corrected chi connectivity index (χ4v) is 1.59. The Bertz CT molecular complexity index is 364. The summed E-state index contributed by atoms with van der Waals surface area (Å²) in [6.07, 6.45) is 0.328. The van der Waals surface area contributed by atoms with Gasteiger partial charge in [0.25, 0.3) is 0 Å². The van der Waals surface area contributed by atoms with Gasteiger partial charge < -0.3 is 9.73 Å². The highest BCUT2D eigenvalue weighted by molar-refractivity contribution is 6.00. The van der Waals surface area contributed by atoms with E-state index >= 15 is 0 Å². The summed E-state index contributed by atoms with van der Waals surface area (Å²) in [6, 6.07) is 3.33. The van der Waals surface area contributed by atoms with Gasteiger partial charge in [0, 0.05) is 6.42 Å². The summed E-state index contributed by atoms with van der Waals surface area (Å²) in [5.41, 5.74) is 0. The number of hydrogen-bond donors (Lipinski definition) is 1. The number of hydrogen-bond acceptors (Lipinski definition) is 3. The van der Waals surface area contributed by atoms with Gasteiger partial charge in [0.2, 0.25) is 5.91 Å². The van der Waals surface area contributed by atoms with Gasteiger partial charge >= 0.3 is 0 Å². The van der Waals surface area contributed by atoms with E-state index in [0.29, 0.717) is 12.2 Å². The van der Waals surface area contributed by atoms with Crippen LogP contribution in [0.5, 0.6) is 0 Å². The highest BCUT2D eigenvalue weighted by atomic mass is 16.3. The third-order valence-electron chi connectivity index (χ3n) is 2.23. The number of aryl methyl sites for hydroxylation is 1. The van der Waals surface area contributed by atoms with Gasteiger partial charge in [-0.25, -0.2) is 0 Å². The van der Waals surface area contributed by atoms with Gasteiger partial charge in [-0.3, -0.25) is 9.59 Å². The van der Waals surface area contributed by atoms with Crippen LogP contribution in [-0.2, 0) is 9.59 Å². The lowest BCUT2D eigenvalue weighted by Crippen LogP contribution is -2.36. The van der Waals surface area contributed by atoms with E-state index in [9.17, 15) is 9.59 Å². The second-order valence-electron chi connectivity index (χ2n) is 3.49. The SMILES string of the molecule is Cc1ccc(C2CC(=O)CC(=O)N2)o1. The lowest BCUT2D eigenvalue weighted by Gasteiger charge is -2.20. The van der Waals surface area contributed by atoms with E-state index in [1.165, 1.54) is 0 Å². The van der Waals surface area contributed by atoms with Gasteiger partial charge in [-0.15, -0.1) is 0 Å². The average molecular weight is 193 g/mol. The Labute approximate surface area is 81.3 Å². The van der Waals surface area contributed by atoms with Crippen LogP contribution < -0.4 is 5.32 Å². The van der Waals surface area contributed by atoms with Gasteiger partial charge in [-0.1, -0.05) is 0 Å². The Morgan fingerprint density at radius 2 is 2.21 bits per heavy atom. The zero-order chi connectivity index (χ0) is 10.1. The summed E-state index contributed by atoms with van der Waals surface area (Å²) in [5, 5.41) is 2.72. The molecule has 1 saturated heterocycles. The van der Waals surface area contributed by atoms with E-state index in [1.807, 2.05) is 13.0 Å². The molecule has 2 heterocycles. The minimum atomic E-state index is -0.280. The maximum atomic E-state index is 11.2. The topological polar surface area (TPSA) is 59.3 Å². The Morgan fingerprint density at radius 3 is 2.79 bits per heavy atom. The van der Waals surface area contributed by atoms with Crippen molar-refractivity contribution in [1.29, 1.82) is 0 Å². The number of piperidine rings is 1. The van der Waals surface area contributed by atoms with E-state index in [2.05, 4.69) is 5.32 Å². The number of nitrogens with one attached hydrogen (secondary N) is 1. The molecule has 1 aromatic rings. The van der Waals surface area contributed by atoms with Crippen LogP contribution in [-0.4, -0.2) is 11.7 Å². The van der Waals surface area contributed by atoms with E-state index in [4.69, 9.17) is 4.42 Å². The van der Waals surface area contributed by atoms with Gasteiger partial charge in [0.1, 0.15) is 17.3 Å². The normalized spacial score (nSPS) is 22.2. The van der Waals surface area contributed by atoms with Crippen molar-refractivity contribution in [2.75, 3.05) is 0 Å². The van der Waals surface area contributed by atoms with Crippen molar-refractivity contribution >= 4 is 11.7 Å². The first-order chi connectivity index (χ1) is 6.65. The molecule has 4 heteroatoms. The zero-order valence-corrected chi connectivity index (χ0v) is 7.87. The van der Waals surface area contributed by atoms with Crippen molar-refractivity contribution in [3.05, 3.63) is 23.7 Å². The lowest BCUT2D eigenvalue weighted by atomic mass is 10.0. The Hall–Kier alpha value is -1.58. The maximum Gasteiger partial charge on any atom is 0.228 e. The van der Waals surface area contributed by atoms with Crippen LogP contribution in [0.1, 0.15) is 30.4 Å². The summed E-state index contributed by atoms with van der Waals surface area (Å²) in [6.45, 7) is 1.83. The third-order valence-corrected chi connectivity index (χ3v) is 2.23. The summed E-state index contributed by atoms with van der Waals surface area (Å²) in [4.78, 5) is 22.3. The fraction of sp³-hybridized carbons (Fsp3) is 0.400. The molecular weight excluding hydrogens is 182 g/mol. The van der Waals surface area contributed by atoms with Crippen LogP contribution in [0, 0.1) is 6.92 Å². The standard InChI is InChI=1S/C10H11NO3/c1-6-2-3-9(14-6)8-4-7(12)5-10(13)11-8/h2-3,8H,4-5H2,1H3,(H,11,13). The smallest absolute Gasteiger partial charge is 0.228 e. The minimum absolute atomic E-state index is 0.00378. The molecule has 1 unspecified atom stereocenters. The molecule has 1 amide bonds. The third kappa shape index (κ3) is 1.69. The van der Waals surface area contributed by atoms with Crippen molar-refractivity contribution in [2.45, 2.75) is 25.8 Å². The lowest BCUT2D eigenvalue weighted by molar-refractivity contribution is -0.132. The molecule has 0 saturated carbocycles. The largest absolute Gasteiger partial charge is 0.464 e. The second kappa shape index (κ2) is 3.29. The first-order valence-electron chi connectivity index (χ1n) is 4.52. The first-order valence-corrected chi connectivity index (χ1v) is 4.52. The van der Waals surface area contributed by atoms with Crippen LogP contribution in [0.4, 0.5) is 0 Å². The molecule has 0 spiro atoms. The van der Waals surface area contributed by atoms with Crippen LogP contribution in [0.15, 0.2) is 16.5 Å². The monoisotopic (exact) mass is 193 g/mol. The molecule has 1 fully saturated rings. The van der Waals surface area contributed by atoms with Gasteiger partial charge in [0.15, 0.2) is 0 Å². The summed E-state index contributed by atoms with van der Waals surface area (Å²) >= 11 is 0. The molecule has 0 bridgehead atoms. The number of ketones is 1. The summed E-state index contributed by atoms with van der Waals surface area (Å²) in [7, 11) is 0. The fourth-order valence-electron chi connectivity index (χ4n) is 1.59. The predicted molar refractivity (Wildman–Crippen MR) is 48.6 cm³/mol. The van der Waals surface area contributed by atoms with Crippen molar-refractivity contribution in [1.82, 2.24) is 5.32 Å². The van der Waals surface area contributed by atoms with Crippen molar-refractivity contribution in [3.63, 3.8) is 0 Å². The molecule has 0 aliphatic carbocycles. The number of carbonyl (C=O) groups excluding carboxylic acids is 2. The van der Waals surface area contributed by atoms with Crippen molar-refractivity contribution in [3.8, 4) is 0 Å². The molecule has 1 aliphatic heterocycles. The Kier molecular flexibility index (Phi) is 2.11. The van der Waals surface area contributed by atoms with Crippen LogP contribution >= 0.6 is 0 Å². The van der Waals surface area contributed by atoms with Gasteiger partial charge in [-0.05, 0) is 19.1 Å². The molecule has 1 aromatic heterocycles. The summed E-state index contributed by atoms with van der Waals surface area (Å²) in [5.74, 6) is 1.18. The van der Waals surface area contributed by atoms with Crippen molar-refractivity contribution < 1.29 is 14.0 Å². The molecular formula is C10H11NO3. The quantitative estimate of drug-likeness (QED) is 0.679. The first kappa shape index (κ1) is 8.99. The number of amides is 1. The number of rotatable bonds is 1. The highest BCUT2D eigenvalue weighted by Crippen LogP contribution is 2.23. The second-order valence-corrected chi connectivity index (χ2v) is 3.49. The van der Waals surface area contributed by atoms with Gasteiger partial charge in [0.05, 0.1) is 12.5 Å². The number of Topliss-reactive ketones (excluding diaryl/α,β-unsaturated/α-hetero) is 1. The van der Waals surface area contributed by atoms with Gasteiger partial charge in [-0.2, -0.15) is 0 Å².